The third-order valence-electron chi connectivity index (χ3n) is 4.83. The molecule has 0 fully saturated rings. The van der Waals surface area contributed by atoms with Gasteiger partial charge in [-0.25, -0.2) is 8.42 Å². The van der Waals surface area contributed by atoms with Gasteiger partial charge in [0.1, 0.15) is 0 Å². The molecule has 1 heterocycles. The zero-order valence-corrected chi connectivity index (χ0v) is 19.8. The molecule has 3 aromatic carbocycles. The summed E-state index contributed by atoms with van der Waals surface area (Å²) in [5.74, 6) is -0.215. The Morgan fingerprint density at radius 2 is 1.47 bits per heavy atom. The highest BCUT2D eigenvalue weighted by Crippen LogP contribution is 2.30. The fourth-order valence-electron chi connectivity index (χ4n) is 3.36. The molecule has 1 amide bonds. The van der Waals surface area contributed by atoms with E-state index in [9.17, 15) is 13.2 Å². The molecule has 6 nitrogen and oxygen atoms in total. The van der Waals surface area contributed by atoms with E-state index in [1.165, 1.54) is 19.1 Å². The Kier molecular flexibility index (Phi) is 5.99. The van der Waals surface area contributed by atoms with Crippen LogP contribution in [0.1, 0.15) is 12.6 Å². The topological polar surface area (TPSA) is 88.2 Å². The van der Waals surface area contributed by atoms with Gasteiger partial charge in [0.25, 0.3) is 0 Å². The van der Waals surface area contributed by atoms with E-state index in [2.05, 4.69) is 31.5 Å². The van der Waals surface area contributed by atoms with Crippen molar-refractivity contribution in [2.45, 2.75) is 23.6 Å². The first-order valence-electron chi connectivity index (χ1n) is 9.79. The van der Waals surface area contributed by atoms with Crippen LogP contribution in [0.25, 0.3) is 10.9 Å². The number of halogens is 1. The molecule has 4 aromatic rings. The fourth-order valence-corrected chi connectivity index (χ4v) is 4.99. The molecule has 0 aliphatic rings. The lowest BCUT2D eigenvalue weighted by Crippen LogP contribution is -2.06. The Morgan fingerprint density at radius 1 is 0.875 bits per heavy atom. The first-order valence-corrected chi connectivity index (χ1v) is 12.1. The van der Waals surface area contributed by atoms with Crippen molar-refractivity contribution >= 4 is 59.6 Å². The van der Waals surface area contributed by atoms with Gasteiger partial charge in [0.15, 0.2) is 0 Å². The molecule has 0 unspecified atom stereocenters. The highest BCUT2D eigenvalue weighted by atomic mass is 79.9. The average Bonchev–Trinajstić information content (AvgIpc) is 2.74. The van der Waals surface area contributed by atoms with Crippen LogP contribution in [0, 0.1) is 6.92 Å². The summed E-state index contributed by atoms with van der Waals surface area (Å²) in [6, 6.07) is 20.6. The number of hydrogen-bond donors (Lipinski definition) is 2. The third kappa shape index (κ3) is 4.66. The summed E-state index contributed by atoms with van der Waals surface area (Å²) < 4.78 is 26.9. The van der Waals surface area contributed by atoms with E-state index < -0.39 is 9.84 Å². The van der Waals surface area contributed by atoms with Crippen molar-refractivity contribution in [2.24, 2.45) is 0 Å². The zero-order valence-electron chi connectivity index (χ0n) is 17.4. The van der Waals surface area contributed by atoms with Crippen molar-refractivity contribution in [3.05, 3.63) is 83.0 Å². The second kappa shape index (κ2) is 8.72. The van der Waals surface area contributed by atoms with Crippen LogP contribution in [0.3, 0.4) is 0 Å². The van der Waals surface area contributed by atoms with Crippen LogP contribution >= 0.6 is 15.9 Å². The number of aryl methyl sites for hydroxylation is 1. The Morgan fingerprint density at radius 3 is 2.06 bits per heavy atom. The van der Waals surface area contributed by atoms with Crippen LogP contribution in [-0.2, 0) is 14.6 Å². The summed E-state index contributed by atoms with van der Waals surface area (Å²) in [6.45, 7) is 3.33. The minimum atomic E-state index is -3.68. The van der Waals surface area contributed by atoms with Crippen LogP contribution in [0.2, 0.25) is 0 Å². The number of rotatable bonds is 5. The summed E-state index contributed by atoms with van der Waals surface area (Å²) in [5, 5.41) is 6.95. The summed E-state index contributed by atoms with van der Waals surface area (Å²) in [5.41, 5.74) is 3.94. The van der Waals surface area contributed by atoms with E-state index in [0.717, 1.165) is 32.4 Å². The maximum atomic E-state index is 13.0. The summed E-state index contributed by atoms with van der Waals surface area (Å²) >= 11 is 3.50. The number of carbonyl (C=O) groups excluding carboxylic acids is 1. The van der Waals surface area contributed by atoms with Gasteiger partial charge in [-0.2, -0.15) is 0 Å². The molecule has 0 aliphatic heterocycles. The van der Waals surface area contributed by atoms with Crippen molar-refractivity contribution in [1.29, 1.82) is 0 Å². The molecule has 0 bridgehead atoms. The first kappa shape index (κ1) is 22.0. The van der Waals surface area contributed by atoms with Gasteiger partial charge in [-0.05, 0) is 79.7 Å². The van der Waals surface area contributed by atoms with Crippen molar-refractivity contribution in [3.63, 3.8) is 0 Å². The van der Waals surface area contributed by atoms with Gasteiger partial charge < -0.3 is 10.6 Å². The molecule has 0 aliphatic carbocycles. The van der Waals surface area contributed by atoms with Crippen LogP contribution in [-0.4, -0.2) is 19.3 Å². The van der Waals surface area contributed by atoms with E-state index in [1.54, 1.807) is 36.4 Å². The smallest absolute Gasteiger partial charge is 0.221 e. The lowest BCUT2D eigenvalue weighted by atomic mass is 10.1. The molecular weight excluding hydrogens is 490 g/mol. The average molecular weight is 510 g/mol. The number of hydrogen-bond acceptors (Lipinski definition) is 5. The number of anilines is 3. The van der Waals surface area contributed by atoms with E-state index in [0.29, 0.717) is 5.69 Å². The minimum absolute atomic E-state index is 0.160. The van der Waals surface area contributed by atoms with E-state index in [1.807, 2.05) is 31.2 Å². The molecule has 8 heteroatoms. The molecule has 32 heavy (non-hydrogen) atoms. The quantitative estimate of drug-likeness (QED) is 0.352. The van der Waals surface area contributed by atoms with Gasteiger partial charge in [-0.3, -0.25) is 9.78 Å². The van der Waals surface area contributed by atoms with E-state index in [-0.39, 0.29) is 15.7 Å². The zero-order chi connectivity index (χ0) is 22.9. The van der Waals surface area contributed by atoms with Crippen molar-refractivity contribution in [3.8, 4) is 0 Å². The number of fused-ring (bicyclic) bond motifs is 1. The predicted octanol–water partition coefficient (Wildman–Crippen LogP) is 5.84. The number of aromatic nitrogens is 1. The van der Waals surface area contributed by atoms with Crippen molar-refractivity contribution in [1.82, 2.24) is 4.98 Å². The predicted molar refractivity (Wildman–Crippen MR) is 130 cm³/mol. The van der Waals surface area contributed by atoms with Crippen molar-refractivity contribution < 1.29 is 13.2 Å². The number of nitrogens with zero attached hydrogens (tertiary/aromatic N) is 1. The molecule has 162 valence electrons. The summed E-state index contributed by atoms with van der Waals surface area (Å²) in [7, 11) is -3.68. The Hall–Kier alpha value is -3.23. The highest BCUT2D eigenvalue weighted by Gasteiger charge is 2.17. The van der Waals surface area contributed by atoms with Gasteiger partial charge in [-0.15, -0.1) is 0 Å². The molecule has 0 saturated carbocycles. The maximum Gasteiger partial charge on any atom is 0.221 e. The van der Waals surface area contributed by atoms with E-state index >= 15 is 0 Å². The second-order valence-corrected chi connectivity index (χ2v) is 10.2. The standard InChI is InChI=1S/C24H20BrN3O3S/c1-15-13-24(22-14-17(25)3-12-23(22)26-15)28-19-6-10-21(11-7-19)32(30,31)20-8-4-18(5-9-20)27-16(2)29/h3-14H,1-2H3,(H,26,28)(H,27,29). The first-order chi connectivity index (χ1) is 15.2. The number of pyridine rings is 1. The van der Waals surface area contributed by atoms with Gasteiger partial charge in [0.2, 0.25) is 15.7 Å². The molecule has 0 radical (unpaired) electrons. The van der Waals surface area contributed by atoms with Crippen LogP contribution in [0.4, 0.5) is 17.1 Å². The lowest BCUT2D eigenvalue weighted by molar-refractivity contribution is -0.114. The Labute approximate surface area is 194 Å². The van der Waals surface area contributed by atoms with Gasteiger partial charge >= 0.3 is 0 Å². The molecule has 4 rings (SSSR count). The van der Waals surface area contributed by atoms with Crippen LogP contribution in [0.5, 0.6) is 0 Å². The summed E-state index contributed by atoms with van der Waals surface area (Å²) in [4.78, 5) is 16.1. The summed E-state index contributed by atoms with van der Waals surface area (Å²) in [6.07, 6.45) is 0. The number of nitrogens with one attached hydrogen (secondary N) is 2. The van der Waals surface area contributed by atoms with Gasteiger partial charge in [-0.1, -0.05) is 15.9 Å². The number of carbonyl (C=O) groups is 1. The number of sulfone groups is 1. The molecule has 1 aromatic heterocycles. The normalized spacial score (nSPS) is 11.3. The monoisotopic (exact) mass is 509 g/mol. The molecule has 0 spiro atoms. The molecular formula is C24H20BrN3O3S. The molecule has 0 saturated heterocycles. The molecule has 0 atom stereocenters. The SMILES string of the molecule is CC(=O)Nc1ccc(S(=O)(=O)c2ccc(Nc3cc(C)nc4ccc(Br)cc34)cc2)cc1. The van der Waals surface area contributed by atoms with Crippen LogP contribution < -0.4 is 10.6 Å². The lowest BCUT2D eigenvalue weighted by Gasteiger charge is -2.12. The fraction of sp³-hybridized carbons (Fsp3) is 0.0833. The Bertz CT molecular complexity index is 1420. The number of benzene rings is 3. The van der Waals surface area contributed by atoms with Gasteiger partial charge in [0, 0.05) is 39.5 Å². The maximum absolute atomic E-state index is 13.0. The van der Waals surface area contributed by atoms with Gasteiger partial charge in [0.05, 0.1) is 15.3 Å². The van der Waals surface area contributed by atoms with Crippen molar-refractivity contribution in [2.75, 3.05) is 10.6 Å². The largest absolute Gasteiger partial charge is 0.355 e. The highest BCUT2D eigenvalue weighted by molar-refractivity contribution is 9.10. The third-order valence-corrected chi connectivity index (χ3v) is 7.11. The number of amides is 1. The van der Waals surface area contributed by atoms with E-state index in [4.69, 9.17) is 0 Å². The van der Waals surface area contributed by atoms with Crippen LogP contribution in [0.15, 0.2) is 87.1 Å². The Balaban J connectivity index is 1.60. The molecule has 2 N–H and O–H groups in total. The second-order valence-electron chi connectivity index (χ2n) is 7.33. The minimum Gasteiger partial charge on any atom is -0.355 e.